The highest BCUT2D eigenvalue weighted by Crippen LogP contribution is 2.31. The Morgan fingerprint density at radius 2 is 1.95 bits per heavy atom. The van der Waals surface area contributed by atoms with E-state index in [1.54, 1.807) is 6.07 Å². The van der Waals surface area contributed by atoms with Crippen LogP contribution in [0.2, 0.25) is 0 Å². The fraction of sp³-hybridized carbons (Fsp3) is 0.0909. The van der Waals surface area contributed by atoms with Crippen LogP contribution in [0.1, 0.15) is 5.82 Å². The summed E-state index contributed by atoms with van der Waals surface area (Å²) in [7, 11) is 1.07. The monoisotopic (exact) mass is 329 g/mol. The smallest absolute Gasteiger partial charge is 0.271 e. The Kier molecular flexibility index (Phi) is 4.34. The Morgan fingerprint density at radius 3 is 2.52 bits per heavy atom. The topological polar surface area (TPSA) is 112 Å². The van der Waals surface area contributed by atoms with Crippen molar-refractivity contribution in [1.29, 1.82) is 0 Å². The van der Waals surface area contributed by atoms with Crippen LogP contribution in [0.5, 0.6) is 5.75 Å². The van der Waals surface area contributed by atoms with Crippen molar-refractivity contribution in [3.63, 3.8) is 0 Å². The predicted octanol–water partition coefficient (Wildman–Crippen LogP) is 1.89. The molecule has 1 aromatic carbocycles. The predicted molar refractivity (Wildman–Crippen MR) is 72.5 cm³/mol. The zero-order valence-electron chi connectivity index (χ0n) is 10.3. The van der Waals surface area contributed by atoms with Gasteiger partial charge in [0.25, 0.3) is 14.7 Å². The first kappa shape index (κ1) is 15.1. The molecule has 0 fully saturated rings. The largest absolute Gasteiger partial charge is 0.484 e. The molecule has 8 nitrogen and oxygen atoms in total. The number of nitrogens with zero attached hydrogens (tertiary/aromatic N) is 3. The first-order chi connectivity index (χ1) is 9.88. The standard InChI is InChI=1S/C11H8ClN3O5S/c12-21(18,19)10-6-8(15(16)17)2-3-9(10)20-7-11-13-4-1-5-14-11/h1-6H,7H2. The van der Waals surface area contributed by atoms with E-state index in [-0.39, 0.29) is 12.4 Å². The summed E-state index contributed by atoms with van der Waals surface area (Å²) in [5.74, 6) is 0.219. The summed E-state index contributed by atoms with van der Waals surface area (Å²) >= 11 is 0. The second kappa shape index (κ2) is 6.02. The van der Waals surface area contributed by atoms with Gasteiger partial charge in [0.15, 0.2) is 5.82 Å². The van der Waals surface area contributed by atoms with Gasteiger partial charge in [0.05, 0.1) is 4.92 Å². The summed E-state index contributed by atoms with van der Waals surface area (Å²) in [6.45, 7) is -0.0991. The normalized spacial score (nSPS) is 11.1. The minimum atomic E-state index is -4.19. The van der Waals surface area contributed by atoms with Crippen molar-refractivity contribution in [3.8, 4) is 5.75 Å². The van der Waals surface area contributed by atoms with Crippen LogP contribution in [0.15, 0.2) is 41.6 Å². The van der Waals surface area contributed by atoms with Gasteiger partial charge in [0.1, 0.15) is 17.3 Å². The highest BCUT2D eigenvalue weighted by atomic mass is 35.7. The number of nitro benzene ring substituents is 1. The third-order valence-electron chi connectivity index (χ3n) is 2.38. The molecule has 0 radical (unpaired) electrons. The minimum absolute atomic E-state index is 0.0991. The van der Waals surface area contributed by atoms with Crippen molar-refractivity contribution in [2.75, 3.05) is 0 Å². The van der Waals surface area contributed by atoms with E-state index in [2.05, 4.69) is 9.97 Å². The van der Waals surface area contributed by atoms with E-state index in [0.29, 0.717) is 5.82 Å². The molecule has 110 valence electrons. The van der Waals surface area contributed by atoms with Gasteiger partial charge in [-0.25, -0.2) is 18.4 Å². The van der Waals surface area contributed by atoms with Gasteiger partial charge in [0, 0.05) is 35.2 Å². The molecule has 2 aromatic rings. The molecule has 21 heavy (non-hydrogen) atoms. The summed E-state index contributed by atoms with van der Waals surface area (Å²) in [6, 6.07) is 4.73. The Hall–Kier alpha value is -2.26. The maximum Gasteiger partial charge on any atom is 0.271 e. The molecule has 1 aromatic heterocycles. The highest BCUT2D eigenvalue weighted by Gasteiger charge is 2.21. The van der Waals surface area contributed by atoms with Crippen molar-refractivity contribution in [2.45, 2.75) is 11.5 Å². The number of ether oxygens (including phenoxy) is 1. The van der Waals surface area contributed by atoms with Crippen molar-refractivity contribution in [2.24, 2.45) is 0 Å². The van der Waals surface area contributed by atoms with E-state index in [1.807, 2.05) is 0 Å². The molecule has 0 bridgehead atoms. The number of hydrogen-bond donors (Lipinski definition) is 0. The zero-order chi connectivity index (χ0) is 15.5. The molecule has 0 spiro atoms. The SMILES string of the molecule is O=[N+]([O-])c1ccc(OCc2ncccn2)c(S(=O)(=O)Cl)c1. The summed E-state index contributed by atoms with van der Waals surface area (Å²) in [6.07, 6.45) is 3.00. The van der Waals surface area contributed by atoms with Crippen LogP contribution in [-0.2, 0) is 15.7 Å². The van der Waals surface area contributed by atoms with E-state index in [4.69, 9.17) is 15.4 Å². The first-order valence-electron chi connectivity index (χ1n) is 5.50. The summed E-state index contributed by atoms with van der Waals surface area (Å²) in [4.78, 5) is 17.3. The van der Waals surface area contributed by atoms with E-state index in [1.165, 1.54) is 12.4 Å². The van der Waals surface area contributed by atoms with Gasteiger partial charge < -0.3 is 4.74 Å². The van der Waals surface area contributed by atoms with Crippen LogP contribution in [0.3, 0.4) is 0 Å². The molecular formula is C11H8ClN3O5S. The molecular weight excluding hydrogens is 322 g/mol. The molecule has 0 amide bonds. The Labute approximate surface area is 123 Å². The molecule has 0 atom stereocenters. The number of aromatic nitrogens is 2. The van der Waals surface area contributed by atoms with E-state index >= 15 is 0 Å². The maximum atomic E-state index is 11.5. The van der Waals surface area contributed by atoms with Crippen LogP contribution in [0, 0.1) is 10.1 Å². The van der Waals surface area contributed by atoms with Crippen molar-refractivity contribution >= 4 is 25.4 Å². The van der Waals surface area contributed by atoms with E-state index < -0.39 is 24.6 Å². The summed E-state index contributed by atoms with van der Waals surface area (Å²) in [5, 5.41) is 10.7. The number of hydrogen-bond acceptors (Lipinski definition) is 7. The van der Waals surface area contributed by atoms with Crippen LogP contribution in [0.25, 0.3) is 0 Å². The van der Waals surface area contributed by atoms with E-state index in [0.717, 1.165) is 18.2 Å². The summed E-state index contributed by atoms with van der Waals surface area (Å²) < 4.78 is 28.2. The van der Waals surface area contributed by atoms with Gasteiger partial charge in [-0.1, -0.05) is 0 Å². The number of non-ortho nitro benzene ring substituents is 1. The minimum Gasteiger partial charge on any atom is -0.484 e. The van der Waals surface area contributed by atoms with E-state index in [9.17, 15) is 18.5 Å². The lowest BCUT2D eigenvalue weighted by molar-refractivity contribution is -0.385. The molecule has 0 aliphatic carbocycles. The third-order valence-corrected chi connectivity index (χ3v) is 3.72. The number of rotatable bonds is 5. The number of benzene rings is 1. The lowest BCUT2D eigenvalue weighted by Crippen LogP contribution is -2.04. The molecule has 10 heteroatoms. The molecule has 0 aliphatic rings. The first-order valence-corrected chi connectivity index (χ1v) is 7.80. The van der Waals surface area contributed by atoms with Crippen LogP contribution in [0.4, 0.5) is 5.69 Å². The maximum absolute atomic E-state index is 11.5. The fourth-order valence-electron chi connectivity index (χ4n) is 1.47. The average Bonchev–Trinajstić information content (AvgIpc) is 2.45. The summed E-state index contributed by atoms with van der Waals surface area (Å²) in [5.41, 5.74) is -0.405. The van der Waals surface area contributed by atoms with Crippen LogP contribution < -0.4 is 4.74 Å². The van der Waals surface area contributed by atoms with Crippen molar-refractivity contribution < 1.29 is 18.1 Å². The van der Waals surface area contributed by atoms with Crippen molar-refractivity contribution in [3.05, 3.63) is 52.6 Å². The molecule has 1 heterocycles. The highest BCUT2D eigenvalue weighted by molar-refractivity contribution is 8.13. The quantitative estimate of drug-likeness (QED) is 0.467. The third kappa shape index (κ3) is 3.86. The molecule has 0 saturated heterocycles. The van der Waals surface area contributed by atoms with Gasteiger partial charge in [-0.2, -0.15) is 0 Å². The second-order valence-corrected chi connectivity index (χ2v) is 6.31. The fourth-order valence-corrected chi connectivity index (χ4v) is 2.46. The van der Waals surface area contributed by atoms with Gasteiger partial charge >= 0.3 is 0 Å². The second-order valence-electron chi connectivity index (χ2n) is 3.78. The lowest BCUT2D eigenvalue weighted by Gasteiger charge is -2.08. The van der Waals surface area contributed by atoms with Gasteiger partial charge in [-0.15, -0.1) is 0 Å². The molecule has 2 rings (SSSR count). The Morgan fingerprint density at radius 1 is 1.29 bits per heavy atom. The lowest BCUT2D eigenvalue weighted by atomic mass is 10.3. The van der Waals surface area contributed by atoms with Gasteiger partial charge in [-0.3, -0.25) is 10.1 Å². The molecule has 0 aliphatic heterocycles. The number of halogens is 1. The average molecular weight is 330 g/mol. The van der Waals surface area contributed by atoms with Crippen molar-refractivity contribution in [1.82, 2.24) is 9.97 Å². The Bertz CT molecular complexity index is 767. The Balaban J connectivity index is 2.33. The number of nitro groups is 1. The molecule has 0 unspecified atom stereocenters. The zero-order valence-corrected chi connectivity index (χ0v) is 11.9. The molecule has 0 saturated carbocycles. The van der Waals surface area contributed by atoms with Gasteiger partial charge in [-0.05, 0) is 12.1 Å². The molecule has 0 N–H and O–H groups in total. The van der Waals surface area contributed by atoms with Gasteiger partial charge in [0.2, 0.25) is 0 Å². The van der Waals surface area contributed by atoms with Crippen LogP contribution >= 0.6 is 10.7 Å². The van der Waals surface area contributed by atoms with Crippen LogP contribution in [-0.4, -0.2) is 23.3 Å².